The summed E-state index contributed by atoms with van der Waals surface area (Å²) < 4.78 is 0. The van der Waals surface area contributed by atoms with Crippen LogP contribution in [0.2, 0.25) is 0 Å². The summed E-state index contributed by atoms with van der Waals surface area (Å²) in [5, 5.41) is 16.3. The van der Waals surface area contributed by atoms with Crippen molar-refractivity contribution in [3.63, 3.8) is 0 Å². The normalized spacial score (nSPS) is 11.8. The fourth-order valence-electron chi connectivity index (χ4n) is 2.31. The number of hydrogen-bond donors (Lipinski definition) is 3. The quantitative estimate of drug-likeness (QED) is 0.706. The van der Waals surface area contributed by atoms with Crippen LogP contribution in [0.25, 0.3) is 0 Å². The second kappa shape index (κ2) is 8.43. The first-order chi connectivity index (χ1) is 11.9. The molecule has 7 heteroatoms. The zero-order valence-corrected chi connectivity index (χ0v) is 14.8. The summed E-state index contributed by atoms with van der Waals surface area (Å²) in [6.07, 6.45) is 0.324. The number of hydrogen-bond acceptors (Lipinski definition) is 4. The zero-order valence-electron chi connectivity index (χ0n) is 14.0. The molecule has 6 nitrogen and oxygen atoms in total. The number of nitrogens with one attached hydrogen (secondary N) is 2. The van der Waals surface area contributed by atoms with Crippen molar-refractivity contribution in [2.75, 3.05) is 5.32 Å². The first kappa shape index (κ1) is 18.7. The van der Waals surface area contributed by atoms with Gasteiger partial charge in [0.1, 0.15) is 6.04 Å². The van der Waals surface area contributed by atoms with E-state index in [4.69, 9.17) is 0 Å². The SMILES string of the molecule is CC(C)C[C@@H](NC(=O)c1ccccc1NC(=O)c1cccs1)C(=O)O. The molecule has 0 spiro atoms. The molecule has 132 valence electrons. The van der Waals surface area contributed by atoms with E-state index in [-0.39, 0.29) is 17.4 Å². The standard InChI is InChI=1S/C18H20N2O4S/c1-11(2)10-14(18(23)24)20-16(21)12-6-3-4-7-13(12)19-17(22)15-8-5-9-25-15/h3-9,11,14H,10H2,1-2H3,(H,19,22)(H,20,21)(H,23,24)/t14-/m1/s1. The van der Waals surface area contributed by atoms with Gasteiger partial charge in [-0.2, -0.15) is 0 Å². The van der Waals surface area contributed by atoms with Gasteiger partial charge in [0, 0.05) is 0 Å². The molecule has 0 saturated carbocycles. The molecule has 2 aromatic rings. The molecule has 0 unspecified atom stereocenters. The Hall–Kier alpha value is -2.67. The third-order valence-electron chi connectivity index (χ3n) is 3.48. The predicted octanol–water partition coefficient (Wildman–Crippen LogP) is 3.23. The third-order valence-corrected chi connectivity index (χ3v) is 4.34. The lowest BCUT2D eigenvalue weighted by Crippen LogP contribution is -2.41. The number of aliphatic carboxylic acids is 1. The zero-order chi connectivity index (χ0) is 18.4. The fraction of sp³-hybridized carbons (Fsp3) is 0.278. The molecule has 3 N–H and O–H groups in total. The molecule has 1 atom stereocenters. The highest BCUT2D eigenvalue weighted by Crippen LogP contribution is 2.18. The number of benzene rings is 1. The first-order valence-electron chi connectivity index (χ1n) is 7.86. The van der Waals surface area contributed by atoms with Gasteiger partial charge in [-0.25, -0.2) is 4.79 Å². The van der Waals surface area contributed by atoms with E-state index < -0.39 is 17.9 Å². The predicted molar refractivity (Wildman–Crippen MR) is 97.1 cm³/mol. The monoisotopic (exact) mass is 360 g/mol. The van der Waals surface area contributed by atoms with Crippen LogP contribution >= 0.6 is 11.3 Å². The van der Waals surface area contributed by atoms with Crippen molar-refractivity contribution in [3.05, 3.63) is 52.2 Å². The van der Waals surface area contributed by atoms with Crippen molar-refractivity contribution >= 4 is 34.8 Å². The van der Waals surface area contributed by atoms with Gasteiger partial charge >= 0.3 is 5.97 Å². The maximum atomic E-state index is 12.5. The maximum absolute atomic E-state index is 12.5. The summed E-state index contributed by atoms with van der Waals surface area (Å²) in [4.78, 5) is 36.6. The largest absolute Gasteiger partial charge is 0.480 e. The van der Waals surface area contributed by atoms with Crippen LogP contribution in [0.1, 0.15) is 40.3 Å². The van der Waals surface area contributed by atoms with Crippen LogP contribution in [-0.2, 0) is 4.79 Å². The molecule has 1 heterocycles. The Morgan fingerprint density at radius 3 is 2.40 bits per heavy atom. The molecular weight excluding hydrogens is 340 g/mol. The highest BCUT2D eigenvalue weighted by atomic mass is 32.1. The van der Waals surface area contributed by atoms with Gasteiger partial charge < -0.3 is 15.7 Å². The summed E-state index contributed by atoms with van der Waals surface area (Å²) in [6.45, 7) is 3.77. The minimum atomic E-state index is -1.08. The third kappa shape index (κ3) is 5.15. The summed E-state index contributed by atoms with van der Waals surface area (Å²) in [6, 6.07) is 8.99. The molecule has 2 rings (SSSR count). The van der Waals surface area contributed by atoms with Gasteiger partial charge in [-0.3, -0.25) is 9.59 Å². The van der Waals surface area contributed by atoms with E-state index in [1.54, 1.807) is 41.8 Å². The topological polar surface area (TPSA) is 95.5 Å². The Labute approximate surface area is 149 Å². The van der Waals surface area contributed by atoms with Crippen molar-refractivity contribution in [1.82, 2.24) is 5.32 Å². The molecule has 1 aromatic heterocycles. The van der Waals surface area contributed by atoms with Crippen molar-refractivity contribution in [2.24, 2.45) is 5.92 Å². The van der Waals surface area contributed by atoms with E-state index >= 15 is 0 Å². The van der Waals surface area contributed by atoms with E-state index in [0.717, 1.165) is 0 Å². The number of anilines is 1. The van der Waals surface area contributed by atoms with Crippen LogP contribution in [0.15, 0.2) is 41.8 Å². The van der Waals surface area contributed by atoms with Gasteiger partial charge in [0.2, 0.25) is 0 Å². The van der Waals surface area contributed by atoms with Gasteiger partial charge in [-0.05, 0) is 35.9 Å². The number of carboxylic acids is 1. The number of amides is 2. The van der Waals surface area contributed by atoms with E-state index in [9.17, 15) is 19.5 Å². The molecule has 25 heavy (non-hydrogen) atoms. The molecule has 0 bridgehead atoms. The van der Waals surface area contributed by atoms with Crippen molar-refractivity contribution in [3.8, 4) is 0 Å². The first-order valence-corrected chi connectivity index (χ1v) is 8.74. The highest BCUT2D eigenvalue weighted by molar-refractivity contribution is 7.12. The maximum Gasteiger partial charge on any atom is 0.326 e. The summed E-state index contributed by atoms with van der Waals surface area (Å²) in [5.74, 6) is -1.81. The molecule has 0 aliphatic heterocycles. The average molecular weight is 360 g/mol. The Morgan fingerprint density at radius 2 is 1.80 bits per heavy atom. The van der Waals surface area contributed by atoms with Gasteiger partial charge in [0.15, 0.2) is 0 Å². The van der Waals surface area contributed by atoms with Crippen LogP contribution in [0, 0.1) is 5.92 Å². The second-order valence-electron chi connectivity index (χ2n) is 5.97. The number of rotatable bonds is 7. The van der Waals surface area contributed by atoms with Crippen LogP contribution in [0.5, 0.6) is 0 Å². The molecule has 0 saturated heterocycles. The molecule has 0 aliphatic carbocycles. The molecular formula is C18H20N2O4S. The van der Waals surface area contributed by atoms with E-state index in [1.807, 2.05) is 13.8 Å². The Morgan fingerprint density at radius 1 is 1.08 bits per heavy atom. The van der Waals surface area contributed by atoms with Gasteiger partial charge in [-0.15, -0.1) is 11.3 Å². The number of para-hydroxylation sites is 1. The van der Waals surface area contributed by atoms with Crippen LogP contribution in [0.3, 0.4) is 0 Å². The Balaban J connectivity index is 2.17. The van der Waals surface area contributed by atoms with Crippen molar-refractivity contribution in [1.29, 1.82) is 0 Å². The number of carboxylic acid groups (broad SMARTS) is 1. The number of carbonyl (C=O) groups excluding carboxylic acids is 2. The lowest BCUT2D eigenvalue weighted by Gasteiger charge is -2.17. The van der Waals surface area contributed by atoms with Crippen molar-refractivity contribution in [2.45, 2.75) is 26.3 Å². The van der Waals surface area contributed by atoms with Gasteiger partial charge in [0.25, 0.3) is 11.8 Å². The van der Waals surface area contributed by atoms with Crippen LogP contribution in [-0.4, -0.2) is 28.9 Å². The fourth-order valence-corrected chi connectivity index (χ4v) is 2.93. The van der Waals surface area contributed by atoms with E-state index in [0.29, 0.717) is 17.0 Å². The lowest BCUT2D eigenvalue weighted by molar-refractivity contribution is -0.139. The summed E-state index contributed by atoms with van der Waals surface area (Å²) in [7, 11) is 0. The summed E-state index contributed by atoms with van der Waals surface area (Å²) in [5.41, 5.74) is 0.564. The van der Waals surface area contributed by atoms with Crippen LogP contribution < -0.4 is 10.6 Å². The Bertz CT molecular complexity index is 756. The van der Waals surface area contributed by atoms with Gasteiger partial charge in [0.05, 0.1) is 16.1 Å². The van der Waals surface area contributed by atoms with Crippen LogP contribution in [0.4, 0.5) is 5.69 Å². The van der Waals surface area contributed by atoms with Crippen molar-refractivity contribution < 1.29 is 19.5 Å². The summed E-state index contributed by atoms with van der Waals surface area (Å²) >= 11 is 1.30. The average Bonchev–Trinajstić information content (AvgIpc) is 3.08. The number of carbonyl (C=O) groups is 3. The Kier molecular flexibility index (Phi) is 6.30. The molecule has 1 aromatic carbocycles. The number of thiophene rings is 1. The lowest BCUT2D eigenvalue weighted by atomic mass is 10.0. The molecule has 0 radical (unpaired) electrons. The molecule has 0 fully saturated rings. The molecule has 0 aliphatic rings. The minimum absolute atomic E-state index is 0.121. The highest BCUT2D eigenvalue weighted by Gasteiger charge is 2.23. The molecule has 2 amide bonds. The second-order valence-corrected chi connectivity index (χ2v) is 6.92. The smallest absolute Gasteiger partial charge is 0.326 e. The van der Waals surface area contributed by atoms with Gasteiger partial charge in [-0.1, -0.05) is 32.0 Å². The van der Waals surface area contributed by atoms with E-state index in [1.165, 1.54) is 11.3 Å². The minimum Gasteiger partial charge on any atom is -0.480 e. The van der Waals surface area contributed by atoms with E-state index in [2.05, 4.69) is 10.6 Å².